The summed E-state index contributed by atoms with van der Waals surface area (Å²) in [6, 6.07) is 5.85. The van der Waals surface area contributed by atoms with E-state index < -0.39 is 10.1 Å². The van der Waals surface area contributed by atoms with Gasteiger partial charge in [-0.05, 0) is 32.4 Å². The fraction of sp³-hybridized carbons (Fsp3) is 0.533. The zero-order valence-corrected chi connectivity index (χ0v) is 14.1. The molecule has 0 atom stereocenters. The van der Waals surface area contributed by atoms with Crippen molar-refractivity contribution in [1.82, 2.24) is 0 Å². The highest BCUT2D eigenvalue weighted by Gasteiger charge is 2.42. The molecule has 0 saturated carbocycles. The quantitative estimate of drug-likeness (QED) is 0.474. The molecule has 0 fully saturated rings. The number of hydrogen-bond donors (Lipinski definition) is 0. The molecule has 6 heteroatoms. The monoisotopic (exact) mass is 329 g/mol. The lowest BCUT2D eigenvalue weighted by Gasteiger charge is -2.14. The molecule has 116 valence electrons. The Bertz CT molecular complexity index is 693. The number of unbranched alkanes of at least 4 members (excludes halogenated alkanes) is 1. The van der Waals surface area contributed by atoms with Gasteiger partial charge in [-0.25, -0.2) is 8.42 Å². The largest absolute Gasteiger partial charge is 0.748 e. The number of hydrogen-bond acceptors (Lipinski definition) is 3. The molecular weight excluding hydrogens is 310 g/mol. The molecule has 0 unspecified atom stereocenters. The Balaban J connectivity index is 2.18. The molecule has 0 aromatic heterocycles. The Kier molecular flexibility index (Phi) is 4.47. The SMILES string of the molecule is CC1=[N+](CCCCS(=O)(=O)[O-])c2ccc(Cl)cc2C1(C)C. The van der Waals surface area contributed by atoms with E-state index in [1.54, 1.807) is 0 Å². The van der Waals surface area contributed by atoms with E-state index in [2.05, 4.69) is 25.3 Å². The summed E-state index contributed by atoms with van der Waals surface area (Å²) in [5, 5.41) is 0.717. The molecule has 4 nitrogen and oxygen atoms in total. The molecular formula is C15H20ClNO3S. The van der Waals surface area contributed by atoms with Crippen LogP contribution < -0.4 is 0 Å². The van der Waals surface area contributed by atoms with Crippen molar-refractivity contribution in [2.24, 2.45) is 0 Å². The van der Waals surface area contributed by atoms with Crippen molar-refractivity contribution < 1.29 is 17.5 Å². The van der Waals surface area contributed by atoms with Crippen molar-refractivity contribution in [2.75, 3.05) is 12.3 Å². The Morgan fingerprint density at radius 2 is 1.95 bits per heavy atom. The maximum Gasteiger partial charge on any atom is 0.209 e. The molecule has 0 bridgehead atoms. The van der Waals surface area contributed by atoms with Crippen molar-refractivity contribution in [3.05, 3.63) is 28.8 Å². The van der Waals surface area contributed by atoms with Gasteiger partial charge in [0.2, 0.25) is 5.69 Å². The summed E-state index contributed by atoms with van der Waals surface area (Å²) in [6.45, 7) is 7.09. The Labute approximate surface area is 131 Å². The van der Waals surface area contributed by atoms with Crippen LogP contribution in [0.2, 0.25) is 5.02 Å². The molecule has 0 radical (unpaired) electrons. The van der Waals surface area contributed by atoms with Crippen LogP contribution in [0.4, 0.5) is 5.69 Å². The van der Waals surface area contributed by atoms with Gasteiger partial charge in [0.05, 0.1) is 15.5 Å². The molecule has 0 N–H and O–H groups in total. The summed E-state index contributed by atoms with van der Waals surface area (Å²) in [5.74, 6) is -0.295. The molecule has 1 heterocycles. The lowest BCUT2D eigenvalue weighted by atomic mass is 9.82. The number of nitrogens with zero attached hydrogens (tertiary/aromatic N) is 1. The van der Waals surface area contributed by atoms with Gasteiger partial charge in [0.1, 0.15) is 6.54 Å². The van der Waals surface area contributed by atoms with E-state index in [1.807, 2.05) is 18.2 Å². The van der Waals surface area contributed by atoms with E-state index in [0.29, 0.717) is 24.4 Å². The maximum absolute atomic E-state index is 10.6. The van der Waals surface area contributed by atoms with Crippen molar-refractivity contribution in [1.29, 1.82) is 0 Å². The third-order valence-corrected chi connectivity index (χ3v) is 5.28. The topological polar surface area (TPSA) is 60.2 Å². The smallest absolute Gasteiger partial charge is 0.209 e. The molecule has 0 amide bonds. The molecule has 1 aromatic carbocycles. The van der Waals surface area contributed by atoms with Crippen LogP contribution in [0.15, 0.2) is 18.2 Å². The van der Waals surface area contributed by atoms with Crippen molar-refractivity contribution >= 4 is 33.1 Å². The summed E-state index contributed by atoms with van der Waals surface area (Å²) in [7, 11) is -4.12. The third kappa shape index (κ3) is 3.47. The highest BCUT2D eigenvalue weighted by atomic mass is 35.5. The molecule has 2 rings (SSSR count). The van der Waals surface area contributed by atoms with E-state index in [4.69, 9.17) is 11.6 Å². The second-order valence-corrected chi connectivity index (χ2v) is 7.95. The maximum atomic E-state index is 10.6. The normalized spacial score (nSPS) is 17.2. The predicted octanol–water partition coefficient (Wildman–Crippen LogP) is 3.06. The average Bonchev–Trinajstić information content (AvgIpc) is 2.54. The van der Waals surface area contributed by atoms with E-state index in [-0.39, 0.29) is 11.2 Å². The Morgan fingerprint density at radius 1 is 1.29 bits per heavy atom. The van der Waals surface area contributed by atoms with Gasteiger partial charge in [-0.15, -0.1) is 0 Å². The number of rotatable bonds is 5. The van der Waals surface area contributed by atoms with Gasteiger partial charge in [-0.1, -0.05) is 11.6 Å². The van der Waals surface area contributed by atoms with Crippen LogP contribution in [-0.4, -0.2) is 35.6 Å². The first-order valence-electron chi connectivity index (χ1n) is 6.98. The first-order valence-corrected chi connectivity index (χ1v) is 8.93. The Morgan fingerprint density at radius 3 is 2.57 bits per heavy atom. The van der Waals surface area contributed by atoms with Crippen molar-refractivity contribution in [2.45, 2.75) is 39.0 Å². The zero-order valence-electron chi connectivity index (χ0n) is 12.5. The minimum Gasteiger partial charge on any atom is -0.748 e. The molecule has 0 spiro atoms. The van der Waals surface area contributed by atoms with Crippen LogP contribution in [0, 0.1) is 0 Å². The average molecular weight is 330 g/mol. The molecule has 1 aliphatic heterocycles. The molecule has 21 heavy (non-hydrogen) atoms. The summed E-state index contributed by atoms with van der Waals surface area (Å²) in [5.41, 5.74) is 3.42. The summed E-state index contributed by atoms with van der Waals surface area (Å²) < 4.78 is 34.1. The lowest BCUT2D eigenvalue weighted by molar-refractivity contribution is -0.439. The van der Waals surface area contributed by atoms with Gasteiger partial charge >= 0.3 is 0 Å². The van der Waals surface area contributed by atoms with Gasteiger partial charge in [-0.2, -0.15) is 4.58 Å². The number of fused-ring (bicyclic) bond motifs is 1. The van der Waals surface area contributed by atoms with Crippen LogP contribution in [0.5, 0.6) is 0 Å². The lowest BCUT2D eigenvalue weighted by Crippen LogP contribution is -2.26. The summed E-state index contributed by atoms with van der Waals surface area (Å²) in [4.78, 5) is 0. The van der Waals surface area contributed by atoms with Crippen molar-refractivity contribution in [3.8, 4) is 0 Å². The van der Waals surface area contributed by atoms with Crippen LogP contribution >= 0.6 is 11.6 Å². The fourth-order valence-corrected chi connectivity index (χ4v) is 3.52. The Hall–Kier alpha value is -0.910. The van der Waals surface area contributed by atoms with Gasteiger partial charge in [-0.3, -0.25) is 0 Å². The molecule has 0 aliphatic carbocycles. The van der Waals surface area contributed by atoms with Crippen LogP contribution in [0.1, 0.15) is 39.2 Å². The van der Waals surface area contributed by atoms with Gasteiger partial charge in [0, 0.05) is 35.7 Å². The van der Waals surface area contributed by atoms with E-state index in [0.717, 1.165) is 5.69 Å². The van der Waals surface area contributed by atoms with E-state index in [1.165, 1.54) is 11.3 Å². The van der Waals surface area contributed by atoms with E-state index in [9.17, 15) is 13.0 Å². The van der Waals surface area contributed by atoms with Gasteiger partial charge in [0.25, 0.3) is 0 Å². The van der Waals surface area contributed by atoms with E-state index >= 15 is 0 Å². The van der Waals surface area contributed by atoms with Crippen LogP contribution in [0.25, 0.3) is 0 Å². The number of halogens is 1. The third-order valence-electron chi connectivity index (χ3n) is 4.26. The molecule has 1 aliphatic rings. The minimum atomic E-state index is -4.12. The second kappa shape index (κ2) is 5.71. The van der Waals surface area contributed by atoms with Gasteiger partial charge < -0.3 is 4.55 Å². The number of benzene rings is 1. The highest BCUT2D eigenvalue weighted by Crippen LogP contribution is 2.40. The predicted molar refractivity (Wildman–Crippen MR) is 83.7 cm³/mol. The summed E-state index contributed by atoms with van der Waals surface area (Å²) >= 11 is 6.09. The zero-order chi connectivity index (χ0) is 15.8. The fourth-order valence-electron chi connectivity index (χ4n) is 2.79. The van der Waals surface area contributed by atoms with Crippen molar-refractivity contribution in [3.63, 3.8) is 0 Å². The van der Waals surface area contributed by atoms with Crippen LogP contribution in [-0.2, 0) is 15.5 Å². The first kappa shape index (κ1) is 16.5. The van der Waals surface area contributed by atoms with Gasteiger partial charge in [0.15, 0.2) is 5.71 Å². The van der Waals surface area contributed by atoms with Crippen LogP contribution in [0.3, 0.4) is 0 Å². The molecule has 1 aromatic rings. The minimum absolute atomic E-state index is 0.0924. The second-order valence-electron chi connectivity index (χ2n) is 5.99. The first-order chi connectivity index (χ1) is 9.63. The summed E-state index contributed by atoms with van der Waals surface area (Å²) in [6.07, 6.45) is 1.05. The molecule has 0 saturated heterocycles. The standard InChI is InChI=1S/C15H20ClNO3S/c1-11-15(2,3)13-10-12(16)6-7-14(13)17(11)8-4-5-9-21(18,19)20/h6-7,10H,4-5,8-9H2,1-3H3. The highest BCUT2D eigenvalue weighted by molar-refractivity contribution is 7.85.